The molecule has 3 N–H and O–H groups in total. The Bertz CT molecular complexity index is 753. The van der Waals surface area contributed by atoms with Gasteiger partial charge in [0.1, 0.15) is 5.75 Å². The first-order chi connectivity index (χ1) is 7.66. The molecule has 0 saturated carbocycles. The van der Waals surface area contributed by atoms with Crippen molar-refractivity contribution < 1.29 is 5.11 Å². The highest BCUT2D eigenvalue weighted by atomic mass is 16.3. The van der Waals surface area contributed by atoms with Gasteiger partial charge in [-0.2, -0.15) is 0 Å². The fourth-order valence-corrected chi connectivity index (χ4v) is 2.11. The van der Waals surface area contributed by atoms with Gasteiger partial charge in [-0.05, 0) is 19.1 Å². The third-order valence-corrected chi connectivity index (χ3v) is 2.80. The van der Waals surface area contributed by atoms with E-state index in [9.17, 15) is 9.90 Å². The normalized spacial score (nSPS) is 11.3. The Morgan fingerprint density at radius 1 is 1.25 bits per heavy atom. The standard InChI is InChI=1S/C12H10N2O2/c1-6-12-7(5-10(16)13-6)11-8(14-12)3-2-4-9(11)15/h2-5,14-15H,1H3,(H,13,16). The predicted octanol–water partition coefficient (Wildman–Crippen LogP) is 2.02. The average Bonchev–Trinajstić information content (AvgIpc) is 2.58. The van der Waals surface area contributed by atoms with Gasteiger partial charge < -0.3 is 15.1 Å². The van der Waals surface area contributed by atoms with Gasteiger partial charge in [-0.3, -0.25) is 4.79 Å². The van der Waals surface area contributed by atoms with Crippen molar-refractivity contribution in [2.75, 3.05) is 0 Å². The Balaban J connectivity index is 2.68. The Morgan fingerprint density at radius 3 is 2.88 bits per heavy atom. The number of aromatic amines is 2. The van der Waals surface area contributed by atoms with E-state index in [1.807, 2.05) is 13.0 Å². The molecule has 80 valence electrons. The second-order valence-corrected chi connectivity index (χ2v) is 3.87. The van der Waals surface area contributed by atoms with Crippen LogP contribution in [-0.4, -0.2) is 15.1 Å². The van der Waals surface area contributed by atoms with Crippen LogP contribution in [0.3, 0.4) is 0 Å². The van der Waals surface area contributed by atoms with E-state index in [0.717, 1.165) is 22.1 Å². The van der Waals surface area contributed by atoms with E-state index in [1.165, 1.54) is 6.07 Å². The van der Waals surface area contributed by atoms with Crippen LogP contribution in [0.2, 0.25) is 0 Å². The van der Waals surface area contributed by atoms with Crippen LogP contribution in [0, 0.1) is 6.92 Å². The molecule has 3 aromatic rings. The number of fused-ring (bicyclic) bond motifs is 3. The van der Waals surface area contributed by atoms with Crippen LogP contribution in [0.25, 0.3) is 21.8 Å². The molecule has 0 spiro atoms. The molecule has 0 aliphatic heterocycles. The average molecular weight is 214 g/mol. The van der Waals surface area contributed by atoms with Crippen LogP contribution in [0.5, 0.6) is 5.75 Å². The number of pyridine rings is 1. The molecule has 0 saturated heterocycles. The summed E-state index contributed by atoms with van der Waals surface area (Å²) < 4.78 is 0. The summed E-state index contributed by atoms with van der Waals surface area (Å²) in [6.45, 7) is 1.83. The smallest absolute Gasteiger partial charge is 0.248 e. The summed E-state index contributed by atoms with van der Waals surface area (Å²) in [4.78, 5) is 17.3. The molecule has 2 heterocycles. The third kappa shape index (κ3) is 1.07. The molecule has 0 unspecified atom stereocenters. The van der Waals surface area contributed by atoms with Crippen molar-refractivity contribution in [3.63, 3.8) is 0 Å². The molecular formula is C12H10N2O2. The van der Waals surface area contributed by atoms with Crippen molar-refractivity contribution in [3.05, 3.63) is 40.3 Å². The van der Waals surface area contributed by atoms with E-state index >= 15 is 0 Å². The van der Waals surface area contributed by atoms with Crippen LogP contribution >= 0.6 is 0 Å². The lowest BCUT2D eigenvalue weighted by atomic mass is 10.1. The summed E-state index contributed by atoms with van der Waals surface area (Å²) in [6.07, 6.45) is 0. The van der Waals surface area contributed by atoms with Gasteiger partial charge in [-0.25, -0.2) is 0 Å². The maximum Gasteiger partial charge on any atom is 0.248 e. The molecule has 0 atom stereocenters. The van der Waals surface area contributed by atoms with Crippen molar-refractivity contribution in [2.45, 2.75) is 6.92 Å². The lowest BCUT2D eigenvalue weighted by molar-refractivity contribution is 0.482. The summed E-state index contributed by atoms with van der Waals surface area (Å²) in [6, 6.07) is 6.76. The predicted molar refractivity (Wildman–Crippen MR) is 62.8 cm³/mol. The molecule has 1 aromatic carbocycles. The number of aromatic nitrogens is 2. The number of H-pyrrole nitrogens is 2. The van der Waals surface area contributed by atoms with Crippen LogP contribution in [0.1, 0.15) is 5.69 Å². The molecule has 4 nitrogen and oxygen atoms in total. The van der Waals surface area contributed by atoms with Crippen LogP contribution in [0.15, 0.2) is 29.1 Å². The molecule has 2 aromatic heterocycles. The van der Waals surface area contributed by atoms with Gasteiger partial charge in [0.2, 0.25) is 5.56 Å². The fraction of sp³-hybridized carbons (Fsp3) is 0.0833. The first-order valence-electron chi connectivity index (χ1n) is 5.00. The maximum atomic E-state index is 11.4. The number of hydrogen-bond donors (Lipinski definition) is 3. The highest BCUT2D eigenvalue weighted by Gasteiger charge is 2.10. The number of aromatic hydroxyl groups is 1. The number of hydrogen-bond acceptors (Lipinski definition) is 2. The SMILES string of the molecule is Cc1[nH]c(=O)cc2c1[nH]c1cccc(O)c12. The van der Waals surface area contributed by atoms with Gasteiger partial charge in [-0.1, -0.05) is 6.07 Å². The van der Waals surface area contributed by atoms with Crippen molar-refractivity contribution in [2.24, 2.45) is 0 Å². The zero-order valence-electron chi connectivity index (χ0n) is 8.66. The summed E-state index contributed by atoms with van der Waals surface area (Å²) >= 11 is 0. The molecule has 0 radical (unpaired) electrons. The van der Waals surface area contributed by atoms with E-state index in [4.69, 9.17) is 0 Å². The fourth-order valence-electron chi connectivity index (χ4n) is 2.11. The molecular weight excluding hydrogens is 204 g/mol. The maximum absolute atomic E-state index is 11.4. The first kappa shape index (κ1) is 9.03. The van der Waals surface area contributed by atoms with Crippen LogP contribution < -0.4 is 5.56 Å². The summed E-state index contributed by atoms with van der Waals surface area (Å²) in [5.41, 5.74) is 2.31. The van der Waals surface area contributed by atoms with Gasteiger partial charge in [0.15, 0.2) is 0 Å². The zero-order chi connectivity index (χ0) is 11.3. The minimum atomic E-state index is -0.158. The molecule has 0 bridgehead atoms. The number of nitrogens with one attached hydrogen (secondary N) is 2. The van der Waals surface area contributed by atoms with Crippen molar-refractivity contribution in [1.29, 1.82) is 0 Å². The summed E-state index contributed by atoms with van der Waals surface area (Å²) in [5, 5.41) is 11.3. The Morgan fingerprint density at radius 2 is 2.06 bits per heavy atom. The number of benzene rings is 1. The van der Waals surface area contributed by atoms with Gasteiger partial charge in [-0.15, -0.1) is 0 Å². The van der Waals surface area contributed by atoms with Crippen molar-refractivity contribution in [1.82, 2.24) is 9.97 Å². The Labute approximate surface area is 90.5 Å². The largest absolute Gasteiger partial charge is 0.507 e. The zero-order valence-corrected chi connectivity index (χ0v) is 8.66. The molecule has 0 amide bonds. The minimum Gasteiger partial charge on any atom is -0.507 e. The third-order valence-electron chi connectivity index (χ3n) is 2.80. The number of rotatable bonds is 0. The number of phenolic OH excluding ortho intramolecular Hbond substituents is 1. The van der Waals surface area contributed by atoms with E-state index in [0.29, 0.717) is 5.39 Å². The van der Waals surface area contributed by atoms with Crippen molar-refractivity contribution in [3.8, 4) is 5.75 Å². The quantitative estimate of drug-likeness (QED) is 0.536. The lowest BCUT2D eigenvalue weighted by Gasteiger charge is -1.96. The number of aryl methyl sites for hydroxylation is 1. The number of phenols is 1. The van der Waals surface area contributed by atoms with E-state index in [-0.39, 0.29) is 11.3 Å². The molecule has 0 aliphatic rings. The Hall–Kier alpha value is -2.23. The van der Waals surface area contributed by atoms with Crippen LogP contribution in [-0.2, 0) is 0 Å². The minimum absolute atomic E-state index is 0.158. The molecule has 0 aliphatic carbocycles. The van der Waals surface area contributed by atoms with Crippen LogP contribution in [0.4, 0.5) is 0 Å². The summed E-state index contributed by atoms with van der Waals surface area (Å²) in [5.74, 6) is 0.189. The van der Waals surface area contributed by atoms with Crippen molar-refractivity contribution >= 4 is 21.8 Å². The monoisotopic (exact) mass is 214 g/mol. The topological polar surface area (TPSA) is 68.9 Å². The first-order valence-corrected chi connectivity index (χ1v) is 5.00. The summed E-state index contributed by atoms with van der Waals surface area (Å²) in [7, 11) is 0. The molecule has 16 heavy (non-hydrogen) atoms. The molecule has 4 heteroatoms. The van der Waals surface area contributed by atoms with E-state index in [1.54, 1.807) is 12.1 Å². The van der Waals surface area contributed by atoms with Gasteiger partial charge in [0.05, 0.1) is 11.0 Å². The van der Waals surface area contributed by atoms with Gasteiger partial charge >= 0.3 is 0 Å². The highest BCUT2D eigenvalue weighted by Crippen LogP contribution is 2.31. The van der Waals surface area contributed by atoms with Gasteiger partial charge in [0, 0.05) is 22.5 Å². The second kappa shape index (κ2) is 2.88. The Kier molecular flexibility index (Phi) is 1.63. The van der Waals surface area contributed by atoms with E-state index in [2.05, 4.69) is 9.97 Å². The lowest BCUT2D eigenvalue weighted by Crippen LogP contribution is -2.04. The molecule has 0 fully saturated rings. The van der Waals surface area contributed by atoms with E-state index < -0.39 is 0 Å². The van der Waals surface area contributed by atoms with Gasteiger partial charge in [0.25, 0.3) is 0 Å². The second-order valence-electron chi connectivity index (χ2n) is 3.87. The molecule has 3 rings (SSSR count). The highest BCUT2D eigenvalue weighted by molar-refractivity contribution is 6.10.